The first kappa shape index (κ1) is 17.6. The molecule has 132 valence electrons. The van der Waals surface area contributed by atoms with Crippen molar-refractivity contribution in [3.63, 3.8) is 0 Å². The molecule has 0 bridgehead atoms. The molecule has 1 aromatic heterocycles. The van der Waals surface area contributed by atoms with E-state index in [0.29, 0.717) is 0 Å². The zero-order chi connectivity index (χ0) is 18.1. The SMILES string of the molecule is NCCCCc1c(-c2cccc3ccccc23)[nH]c2c(Br)cc(Cl)cc12. The fraction of sp³-hybridized carbons (Fsp3) is 0.182. The maximum absolute atomic E-state index is 6.34. The summed E-state index contributed by atoms with van der Waals surface area (Å²) in [6.45, 7) is 0.719. The van der Waals surface area contributed by atoms with E-state index < -0.39 is 0 Å². The van der Waals surface area contributed by atoms with E-state index in [1.165, 1.54) is 33.0 Å². The Labute approximate surface area is 166 Å². The van der Waals surface area contributed by atoms with Gasteiger partial charge in [0.1, 0.15) is 0 Å². The van der Waals surface area contributed by atoms with Crippen molar-refractivity contribution >= 4 is 49.2 Å². The Morgan fingerprint density at radius 3 is 2.62 bits per heavy atom. The smallest absolute Gasteiger partial charge is 0.0607 e. The van der Waals surface area contributed by atoms with Gasteiger partial charge in [-0.05, 0) is 70.2 Å². The summed E-state index contributed by atoms with van der Waals surface area (Å²) in [4.78, 5) is 3.66. The molecule has 0 aliphatic carbocycles. The number of unbranched alkanes of at least 4 members (excludes halogenated alkanes) is 1. The second-order valence-corrected chi connectivity index (χ2v) is 7.85. The summed E-state index contributed by atoms with van der Waals surface area (Å²) in [5.41, 5.74) is 10.5. The molecular weight excluding hydrogens is 408 g/mol. The third-order valence-electron chi connectivity index (χ3n) is 4.87. The molecule has 3 N–H and O–H groups in total. The molecule has 0 saturated heterocycles. The molecule has 4 heteroatoms. The predicted octanol–water partition coefficient (Wildman–Crippen LogP) is 6.69. The molecule has 0 atom stereocenters. The van der Waals surface area contributed by atoms with Crippen LogP contribution in [0.2, 0.25) is 5.02 Å². The molecule has 0 unspecified atom stereocenters. The van der Waals surface area contributed by atoms with Gasteiger partial charge in [0.25, 0.3) is 0 Å². The predicted molar refractivity (Wildman–Crippen MR) is 116 cm³/mol. The zero-order valence-corrected chi connectivity index (χ0v) is 16.7. The number of halogens is 2. The molecule has 3 aromatic carbocycles. The molecule has 0 saturated carbocycles. The van der Waals surface area contributed by atoms with Gasteiger partial charge in [-0.3, -0.25) is 0 Å². The van der Waals surface area contributed by atoms with Gasteiger partial charge in [-0.15, -0.1) is 0 Å². The minimum absolute atomic E-state index is 0.719. The van der Waals surface area contributed by atoms with E-state index in [0.717, 1.165) is 40.8 Å². The number of nitrogens with one attached hydrogen (secondary N) is 1. The van der Waals surface area contributed by atoms with Crippen molar-refractivity contribution in [2.45, 2.75) is 19.3 Å². The zero-order valence-electron chi connectivity index (χ0n) is 14.4. The number of aryl methyl sites for hydroxylation is 1. The van der Waals surface area contributed by atoms with Gasteiger partial charge in [-0.2, -0.15) is 0 Å². The topological polar surface area (TPSA) is 41.8 Å². The second kappa shape index (κ2) is 7.43. The Hall–Kier alpha value is -1.81. The Morgan fingerprint density at radius 2 is 1.77 bits per heavy atom. The van der Waals surface area contributed by atoms with E-state index >= 15 is 0 Å². The molecule has 0 amide bonds. The van der Waals surface area contributed by atoms with Gasteiger partial charge >= 0.3 is 0 Å². The van der Waals surface area contributed by atoms with Crippen LogP contribution in [0, 0.1) is 0 Å². The normalized spacial score (nSPS) is 11.5. The Bertz CT molecular complexity index is 1080. The third-order valence-corrected chi connectivity index (χ3v) is 5.72. The van der Waals surface area contributed by atoms with Crippen molar-refractivity contribution < 1.29 is 0 Å². The van der Waals surface area contributed by atoms with Crippen molar-refractivity contribution in [2.24, 2.45) is 5.73 Å². The molecule has 2 nitrogen and oxygen atoms in total. The van der Waals surface area contributed by atoms with Crippen LogP contribution in [-0.4, -0.2) is 11.5 Å². The maximum atomic E-state index is 6.34. The largest absolute Gasteiger partial charge is 0.353 e. The van der Waals surface area contributed by atoms with Crippen LogP contribution in [0.4, 0.5) is 0 Å². The molecule has 26 heavy (non-hydrogen) atoms. The fourth-order valence-corrected chi connectivity index (χ4v) is 4.56. The number of rotatable bonds is 5. The Kier molecular flexibility index (Phi) is 5.03. The summed E-state index contributed by atoms with van der Waals surface area (Å²) in [5, 5.41) is 4.43. The van der Waals surface area contributed by atoms with E-state index in [1.807, 2.05) is 6.07 Å². The van der Waals surface area contributed by atoms with E-state index in [1.54, 1.807) is 0 Å². The van der Waals surface area contributed by atoms with E-state index in [4.69, 9.17) is 17.3 Å². The average Bonchev–Trinajstić information content (AvgIpc) is 3.00. The number of aromatic amines is 1. The van der Waals surface area contributed by atoms with Gasteiger partial charge in [0.05, 0.1) is 11.2 Å². The number of aromatic nitrogens is 1. The number of fused-ring (bicyclic) bond motifs is 2. The highest BCUT2D eigenvalue weighted by molar-refractivity contribution is 9.10. The molecule has 0 aliphatic heterocycles. The van der Waals surface area contributed by atoms with Gasteiger partial charge < -0.3 is 10.7 Å². The van der Waals surface area contributed by atoms with Crippen LogP contribution in [0.5, 0.6) is 0 Å². The first-order valence-corrected chi connectivity index (χ1v) is 10.0. The molecule has 4 aromatic rings. The Morgan fingerprint density at radius 1 is 0.962 bits per heavy atom. The quantitative estimate of drug-likeness (QED) is 0.342. The van der Waals surface area contributed by atoms with Crippen LogP contribution in [0.25, 0.3) is 32.9 Å². The molecular formula is C22H20BrClN2. The number of nitrogens with two attached hydrogens (primary N) is 1. The lowest BCUT2D eigenvalue weighted by Crippen LogP contribution is -1.99. The summed E-state index contributed by atoms with van der Waals surface area (Å²) >= 11 is 10.0. The average molecular weight is 428 g/mol. The number of benzene rings is 3. The molecule has 1 heterocycles. The van der Waals surface area contributed by atoms with Crippen molar-refractivity contribution in [2.75, 3.05) is 6.54 Å². The van der Waals surface area contributed by atoms with Crippen molar-refractivity contribution in [3.8, 4) is 11.3 Å². The minimum atomic E-state index is 0.719. The molecule has 0 spiro atoms. The number of hydrogen-bond acceptors (Lipinski definition) is 1. The lowest BCUT2D eigenvalue weighted by molar-refractivity contribution is 0.748. The van der Waals surface area contributed by atoms with Crippen LogP contribution in [-0.2, 0) is 6.42 Å². The van der Waals surface area contributed by atoms with Gasteiger partial charge in [0.15, 0.2) is 0 Å². The number of hydrogen-bond donors (Lipinski definition) is 2. The fourth-order valence-electron chi connectivity index (χ4n) is 3.65. The van der Waals surface area contributed by atoms with Crippen molar-refractivity contribution in [3.05, 3.63) is 69.7 Å². The monoisotopic (exact) mass is 426 g/mol. The summed E-state index contributed by atoms with van der Waals surface area (Å²) in [6, 6.07) is 19.0. The standard InChI is InChI=1S/C22H20BrClN2/c23-20-13-15(24)12-19-18(9-3-4-11-25)21(26-22(19)20)17-10-5-7-14-6-1-2-8-16(14)17/h1-2,5-8,10,12-13,26H,3-4,9,11,25H2. The lowest BCUT2D eigenvalue weighted by Gasteiger charge is -2.09. The highest BCUT2D eigenvalue weighted by Gasteiger charge is 2.17. The maximum Gasteiger partial charge on any atom is 0.0607 e. The highest BCUT2D eigenvalue weighted by atomic mass is 79.9. The summed E-state index contributed by atoms with van der Waals surface area (Å²) < 4.78 is 0.992. The van der Waals surface area contributed by atoms with Crippen LogP contribution < -0.4 is 5.73 Å². The van der Waals surface area contributed by atoms with Crippen LogP contribution in [0.15, 0.2) is 59.1 Å². The van der Waals surface area contributed by atoms with Gasteiger partial charge in [0, 0.05) is 20.4 Å². The lowest BCUT2D eigenvalue weighted by atomic mass is 9.96. The van der Waals surface area contributed by atoms with Gasteiger partial charge in [-0.25, -0.2) is 0 Å². The van der Waals surface area contributed by atoms with Gasteiger partial charge in [-0.1, -0.05) is 54.1 Å². The Balaban J connectivity index is 1.98. The molecule has 0 aliphatic rings. The van der Waals surface area contributed by atoms with Crippen molar-refractivity contribution in [1.82, 2.24) is 4.98 Å². The van der Waals surface area contributed by atoms with Crippen LogP contribution in [0.3, 0.4) is 0 Å². The van der Waals surface area contributed by atoms with E-state index in [-0.39, 0.29) is 0 Å². The number of H-pyrrole nitrogens is 1. The second-order valence-electron chi connectivity index (χ2n) is 6.56. The van der Waals surface area contributed by atoms with Crippen molar-refractivity contribution in [1.29, 1.82) is 0 Å². The summed E-state index contributed by atoms with van der Waals surface area (Å²) in [7, 11) is 0. The van der Waals surface area contributed by atoms with E-state index in [2.05, 4.69) is 69.4 Å². The molecule has 0 fully saturated rings. The molecule has 4 rings (SSSR count). The summed E-state index contributed by atoms with van der Waals surface area (Å²) in [6.07, 6.45) is 3.05. The first-order chi connectivity index (χ1) is 12.7. The van der Waals surface area contributed by atoms with E-state index in [9.17, 15) is 0 Å². The van der Waals surface area contributed by atoms with Crippen LogP contribution >= 0.6 is 27.5 Å². The summed E-state index contributed by atoms with van der Waals surface area (Å²) in [5.74, 6) is 0. The third kappa shape index (κ3) is 3.16. The van der Waals surface area contributed by atoms with Gasteiger partial charge in [0.2, 0.25) is 0 Å². The molecule has 0 radical (unpaired) electrons. The highest BCUT2D eigenvalue weighted by Crippen LogP contribution is 2.39. The van der Waals surface area contributed by atoms with Crippen LogP contribution in [0.1, 0.15) is 18.4 Å². The first-order valence-electron chi connectivity index (χ1n) is 8.87. The minimum Gasteiger partial charge on any atom is -0.353 e.